The van der Waals surface area contributed by atoms with Gasteiger partial charge in [0.2, 0.25) is 0 Å². The third-order valence-electron chi connectivity index (χ3n) is 3.38. The highest BCUT2D eigenvalue weighted by atomic mass is 32.2. The summed E-state index contributed by atoms with van der Waals surface area (Å²) in [6.45, 7) is 4.23. The van der Waals surface area contributed by atoms with Crippen LogP contribution in [0.1, 0.15) is 30.3 Å². The van der Waals surface area contributed by atoms with Gasteiger partial charge in [-0.05, 0) is 25.0 Å². The van der Waals surface area contributed by atoms with Crippen LogP contribution in [0.15, 0.2) is 11.2 Å². The maximum absolute atomic E-state index is 11.6. The predicted octanol–water partition coefficient (Wildman–Crippen LogP) is 2.22. The van der Waals surface area contributed by atoms with Crippen molar-refractivity contribution in [1.29, 1.82) is 0 Å². The average Bonchev–Trinajstić information content (AvgIpc) is 2.46. The molecule has 0 aromatic carbocycles. The number of esters is 1. The van der Waals surface area contributed by atoms with Crippen LogP contribution in [0.5, 0.6) is 0 Å². The van der Waals surface area contributed by atoms with Gasteiger partial charge in [-0.3, -0.25) is 0 Å². The van der Waals surface area contributed by atoms with E-state index in [0.717, 1.165) is 37.7 Å². The van der Waals surface area contributed by atoms with Crippen LogP contribution in [-0.2, 0) is 4.74 Å². The molecule has 0 amide bonds. The van der Waals surface area contributed by atoms with E-state index in [1.807, 2.05) is 6.26 Å². The van der Waals surface area contributed by atoms with Crippen LogP contribution in [0, 0.1) is 5.92 Å². The third kappa shape index (κ3) is 3.37. The first-order valence-corrected chi connectivity index (χ1v) is 7.63. The molecule has 0 bridgehead atoms. The Morgan fingerprint density at radius 3 is 2.68 bits per heavy atom. The van der Waals surface area contributed by atoms with Gasteiger partial charge in [-0.15, -0.1) is 0 Å². The third-order valence-corrected chi connectivity index (χ3v) is 3.92. The summed E-state index contributed by atoms with van der Waals surface area (Å²) in [5, 5.41) is 0.608. The van der Waals surface area contributed by atoms with Crippen LogP contribution in [0.3, 0.4) is 0 Å². The van der Waals surface area contributed by atoms with Crippen molar-refractivity contribution in [1.82, 2.24) is 9.97 Å². The second-order valence-corrected chi connectivity index (χ2v) is 5.53. The fourth-order valence-corrected chi connectivity index (χ4v) is 2.49. The Morgan fingerprint density at radius 2 is 2.11 bits per heavy atom. The van der Waals surface area contributed by atoms with Gasteiger partial charge in [0, 0.05) is 19.2 Å². The van der Waals surface area contributed by atoms with Gasteiger partial charge >= 0.3 is 5.97 Å². The van der Waals surface area contributed by atoms with E-state index in [9.17, 15) is 4.79 Å². The minimum Gasteiger partial charge on any atom is -0.464 e. The molecule has 1 aromatic heterocycles. The molecule has 0 saturated carbocycles. The highest BCUT2D eigenvalue weighted by Gasteiger charge is 2.20. The first kappa shape index (κ1) is 14.1. The van der Waals surface area contributed by atoms with Crippen molar-refractivity contribution in [2.75, 3.05) is 31.4 Å². The first-order chi connectivity index (χ1) is 9.13. The Morgan fingerprint density at radius 1 is 1.42 bits per heavy atom. The summed E-state index contributed by atoms with van der Waals surface area (Å²) in [5.74, 6) is 1.18. The van der Waals surface area contributed by atoms with E-state index < -0.39 is 5.97 Å². The molecular formula is C13H19N3O2S. The van der Waals surface area contributed by atoms with Crippen molar-refractivity contribution in [3.63, 3.8) is 0 Å². The second kappa shape index (κ2) is 6.23. The number of carbonyl (C=O) groups is 1. The lowest BCUT2D eigenvalue weighted by atomic mass is 9.99. The lowest BCUT2D eigenvalue weighted by Crippen LogP contribution is -2.33. The molecule has 2 rings (SSSR count). The highest BCUT2D eigenvalue weighted by Crippen LogP contribution is 2.23. The maximum Gasteiger partial charge on any atom is 0.356 e. The van der Waals surface area contributed by atoms with Crippen LogP contribution in [-0.4, -0.2) is 42.4 Å². The Kier molecular flexibility index (Phi) is 4.63. The van der Waals surface area contributed by atoms with Crippen molar-refractivity contribution in [3.8, 4) is 0 Å². The highest BCUT2D eigenvalue weighted by molar-refractivity contribution is 7.98. The Bertz CT molecular complexity index is 459. The molecule has 1 fully saturated rings. The van der Waals surface area contributed by atoms with Crippen LogP contribution in [0.2, 0.25) is 0 Å². The van der Waals surface area contributed by atoms with Gasteiger partial charge in [0.25, 0.3) is 0 Å². The number of nitrogens with zero attached hydrogens (tertiary/aromatic N) is 3. The minimum absolute atomic E-state index is 0.329. The van der Waals surface area contributed by atoms with Gasteiger partial charge in [-0.2, -0.15) is 0 Å². The number of piperidine rings is 1. The summed E-state index contributed by atoms with van der Waals surface area (Å²) in [6, 6.07) is 1.72. The van der Waals surface area contributed by atoms with Crippen LogP contribution < -0.4 is 4.90 Å². The van der Waals surface area contributed by atoms with E-state index in [0.29, 0.717) is 10.9 Å². The largest absolute Gasteiger partial charge is 0.464 e. The van der Waals surface area contributed by atoms with E-state index in [1.54, 1.807) is 6.07 Å². The molecule has 2 heterocycles. The molecule has 19 heavy (non-hydrogen) atoms. The Hall–Kier alpha value is -1.30. The molecule has 5 nitrogen and oxygen atoms in total. The molecule has 0 unspecified atom stereocenters. The zero-order valence-corrected chi connectivity index (χ0v) is 12.4. The SMILES string of the molecule is COC(=O)c1cc(N2CCC(C)CC2)nc(SC)n1. The van der Waals surface area contributed by atoms with Crippen molar-refractivity contribution in [2.24, 2.45) is 5.92 Å². The summed E-state index contributed by atoms with van der Waals surface area (Å²) >= 11 is 1.43. The number of hydrogen-bond acceptors (Lipinski definition) is 6. The van der Waals surface area contributed by atoms with Crippen LogP contribution in [0.25, 0.3) is 0 Å². The zero-order valence-electron chi connectivity index (χ0n) is 11.5. The van der Waals surface area contributed by atoms with Crippen molar-refractivity contribution >= 4 is 23.5 Å². The van der Waals surface area contributed by atoms with E-state index in [1.165, 1.54) is 18.9 Å². The fourth-order valence-electron chi connectivity index (χ4n) is 2.11. The number of ether oxygens (including phenoxy) is 1. The van der Waals surface area contributed by atoms with E-state index in [-0.39, 0.29) is 0 Å². The van der Waals surface area contributed by atoms with Crippen molar-refractivity contribution < 1.29 is 9.53 Å². The minimum atomic E-state index is -0.413. The number of hydrogen-bond donors (Lipinski definition) is 0. The molecule has 1 saturated heterocycles. The molecule has 1 aromatic rings. The molecule has 1 aliphatic rings. The molecule has 0 N–H and O–H groups in total. The van der Waals surface area contributed by atoms with Crippen molar-refractivity contribution in [2.45, 2.75) is 24.9 Å². The summed E-state index contributed by atoms with van der Waals surface area (Å²) < 4.78 is 4.74. The molecule has 104 valence electrons. The first-order valence-electron chi connectivity index (χ1n) is 6.40. The number of rotatable bonds is 3. The molecule has 0 spiro atoms. The molecule has 6 heteroatoms. The normalized spacial score (nSPS) is 16.5. The lowest BCUT2D eigenvalue weighted by molar-refractivity contribution is 0.0593. The molecule has 0 atom stereocenters. The van der Waals surface area contributed by atoms with E-state index >= 15 is 0 Å². The van der Waals surface area contributed by atoms with Gasteiger partial charge < -0.3 is 9.64 Å². The molecule has 0 radical (unpaired) electrons. The predicted molar refractivity (Wildman–Crippen MR) is 75.8 cm³/mol. The summed E-state index contributed by atoms with van der Waals surface area (Å²) in [6.07, 6.45) is 4.22. The summed E-state index contributed by atoms with van der Waals surface area (Å²) in [5.41, 5.74) is 0.329. The van der Waals surface area contributed by atoms with E-state index in [2.05, 4.69) is 21.8 Å². The average molecular weight is 281 g/mol. The number of anilines is 1. The molecular weight excluding hydrogens is 262 g/mol. The van der Waals surface area contributed by atoms with Gasteiger partial charge in [0.15, 0.2) is 10.9 Å². The number of thioether (sulfide) groups is 1. The second-order valence-electron chi connectivity index (χ2n) is 4.76. The number of methoxy groups -OCH3 is 1. The quantitative estimate of drug-likeness (QED) is 0.481. The summed E-state index contributed by atoms with van der Waals surface area (Å²) in [4.78, 5) is 22.5. The molecule has 0 aliphatic carbocycles. The Labute approximate surface area is 117 Å². The van der Waals surface area contributed by atoms with Crippen molar-refractivity contribution in [3.05, 3.63) is 11.8 Å². The maximum atomic E-state index is 11.6. The Balaban J connectivity index is 2.26. The topological polar surface area (TPSA) is 55.3 Å². The van der Waals surface area contributed by atoms with Gasteiger partial charge in [-0.1, -0.05) is 18.7 Å². The van der Waals surface area contributed by atoms with E-state index in [4.69, 9.17) is 4.74 Å². The molecule has 1 aliphatic heterocycles. The zero-order chi connectivity index (χ0) is 13.8. The van der Waals surface area contributed by atoms with Gasteiger partial charge in [0.05, 0.1) is 7.11 Å². The summed E-state index contributed by atoms with van der Waals surface area (Å²) in [7, 11) is 1.37. The standard InChI is InChI=1S/C13H19N3O2S/c1-9-4-6-16(7-5-9)11-8-10(12(17)18-2)14-13(15-11)19-3/h8-9H,4-7H2,1-3H3. The number of carbonyl (C=O) groups excluding carboxylic acids is 1. The van der Waals surface area contributed by atoms with Crippen LogP contribution >= 0.6 is 11.8 Å². The van der Waals surface area contributed by atoms with Gasteiger partial charge in [0.1, 0.15) is 5.82 Å². The fraction of sp³-hybridized carbons (Fsp3) is 0.615. The lowest BCUT2D eigenvalue weighted by Gasteiger charge is -2.31. The number of aromatic nitrogens is 2. The smallest absolute Gasteiger partial charge is 0.356 e. The van der Waals surface area contributed by atoms with Gasteiger partial charge in [-0.25, -0.2) is 14.8 Å². The van der Waals surface area contributed by atoms with Crippen LogP contribution in [0.4, 0.5) is 5.82 Å². The monoisotopic (exact) mass is 281 g/mol.